The van der Waals surface area contributed by atoms with E-state index in [0.717, 1.165) is 5.69 Å². The molecule has 0 unspecified atom stereocenters. The number of alkyl halides is 3. The molecule has 6 heteroatoms. The van der Waals surface area contributed by atoms with Crippen LogP contribution in [0.2, 0.25) is 0 Å². The monoisotopic (exact) mass is 272 g/mol. The van der Waals surface area contributed by atoms with Gasteiger partial charge in [-0.3, -0.25) is 4.79 Å². The summed E-state index contributed by atoms with van der Waals surface area (Å²) in [4.78, 5) is 14.8. The van der Waals surface area contributed by atoms with Crippen LogP contribution in [0, 0.1) is 0 Å². The van der Waals surface area contributed by atoms with Crippen molar-refractivity contribution >= 4 is 11.6 Å². The number of nitrogens with zero attached hydrogens (tertiary/aromatic N) is 2. The minimum absolute atomic E-state index is 0.337. The Morgan fingerprint density at radius 3 is 2.16 bits per heavy atom. The third kappa shape index (κ3) is 3.87. The van der Waals surface area contributed by atoms with Gasteiger partial charge in [0, 0.05) is 31.9 Å². The molecular formula is C13H15F3N2O. The highest BCUT2D eigenvalue weighted by atomic mass is 19.4. The minimum Gasteiger partial charge on any atom is -0.368 e. The molecule has 1 aliphatic heterocycles. The Kier molecular flexibility index (Phi) is 3.97. The van der Waals surface area contributed by atoms with Gasteiger partial charge < -0.3 is 9.80 Å². The lowest BCUT2D eigenvalue weighted by atomic mass is 10.2. The number of amides is 1. The van der Waals surface area contributed by atoms with Crippen molar-refractivity contribution < 1.29 is 18.0 Å². The average molecular weight is 272 g/mol. The first-order valence-electron chi connectivity index (χ1n) is 6.10. The first kappa shape index (κ1) is 13.7. The molecule has 2 rings (SSSR count). The Balaban J connectivity index is 1.88. The van der Waals surface area contributed by atoms with Gasteiger partial charge in [-0.2, -0.15) is 13.2 Å². The van der Waals surface area contributed by atoms with Crippen molar-refractivity contribution in [3.63, 3.8) is 0 Å². The van der Waals surface area contributed by atoms with Crippen LogP contribution in [0.15, 0.2) is 30.3 Å². The molecule has 0 radical (unpaired) electrons. The molecule has 0 atom stereocenters. The van der Waals surface area contributed by atoms with Gasteiger partial charge in [0.2, 0.25) is 5.91 Å². The van der Waals surface area contributed by atoms with Gasteiger partial charge in [-0.25, -0.2) is 0 Å². The van der Waals surface area contributed by atoms with Crippen LogP contribution in [0.5, 0.6) is 0 Å². The number of anilines is 1. The van der Waals surface area contributed by atoms with E-state index in [0.29, 0.717) is 26.2 Å². The lowest BCUT2D eigenvalue weighted by Crippen LogP contribution is -2.49. The molecule has 0 N–H and O–H groups in total. The number of para-hydroxylation sites is 1. The second kappa shape index (κ2) is 5.50. The topological polar surface area (TPSA) is 23.6 Å². The molecule has 1 heterocycles. The summed E-state index contributed by atoms with van der Waals surface area (Å²) in [6, 6.07) is 9.64. The molecule has 0 bridgehead atoms. The van der Waals surface area contributed by atoms with E-state index in [-0.39, 0.29) is 0 Å². The molecule has 1 saturated heterocycles. The molecule has 0 spiro atoms. The third-order valence-corrected chi connectivity index (χ3v) is 3.11. The molecule has 19 heavy (non-hydrogen) atoms. The molecule has 0 aliphatic carbocycles. The van der Waals surface area contributed by atoms with Gasteiger partial charge in [-0.05, 0) is 12.1 Å². The molecule has 1 aromatic rings. The summed E-state index contributed by atoms with van der Waals surface area (Å²) < 4.78 is 36.4. The van der Waals surface area contributed by atoms with Crippen LogP contribution in [-0.4, -0.2) is 43.2 Å². The molecule has 1 aromatic carbocycles. The largest absolute Gasteiger partial charge is 0.397 e. The van der Waals surface area contributed by atoms with Crippen LogP contribution < -0.4 is 4.90 Å². The summed E-state index contributed by atoms with van der Waals surface area (Å²) in [6.07, 6.45) is -5.79. The maximum atomic E-state index is 12.1. The quantitative estimate of drug-likeness (QED) is 0.824. The van der Waals surface area contributed by atoms with Crippen molar-refractivity contribution in [2.45, 2.75) is 12.6 Å². The highest BCUT2D eigenvalue weighted by Gasteiger charge is 2.34. The minimum atomic E-state index is -4.42. The van der Waals surface area contributed by atoms with Crippen LogP contribution in [0.1, 0.15) is 6.42 Å². The lowest BCUT2D eigenvalue weighted by molar-refractivity contribution is -0.161. The number of piperazine rings is 1. The van der Waals surface area contributed by atoms with Crippen molar-refractivity contribution in [3.05, 3.63) is 30.3 Å². The predicted molar refractivity (Wildman–Crippen MR) is 65.9 cm³/mol. The Morgan fingerprint density at radius 2 is 1.63 bits per heavy atom. The fourth-order valence-electron chi connectivity index (χ4n) is 2.14. The Morgan fingerprint density at radius 1 is 1.05 bits per heavy atom. The molecule has 1 amide bonds. The maximum Gasteiger partial charge on any atom is 0.397 e. The van der Waals surface area contributed by atoms with Crippen LogP contribution in [0.25, 0.3) is 0 Å². The molecule has 0 aromatic heterocycles. The van der Waals surface area contributed by atoms with E-state index in [1.54, 1.807) is 0 Å². The second-order valence-electron chi connectivity index (χ2n) is 4.50. The number of benzene rings is 1. The summed E-state index contributed by atoms with van der Waals surface area (Å²) in [5, 5.41) is 0. The average Bonchev–Trinajstić information content (AvgIpc) is 2.38. The van der Waals surface area contributed by atoms with E-state index < -0.39 is 18.5 Å². The van der Waals surface area contributed by atoms with Gasteiger partial charge in [0.1, 0.15) is 6.42 Å². The molecule has 3 nitrogen and oxygen atoms in total. The van der Waals surface area contributed by atoms with E-state index in [1.165, 1.54) is 4.90 Å². The normalized spacial score (nSPS) is 16.6. The summed E-state index contributed by atoms with van der Waals surface area (Å²) >= 11 is 0. The van der Waals surface area contributed by atoms with Gasteiger partial charge in [-0.15, -0.1) is 0 Å². The highest BCUT2D eigenvalue weighted by Crippen LogP contribution is 2.22. The van der Waals surface area contributed by atoms with Crippen LogP contribution >= 0.6 is 0 Å². The van der Waals surface area contributed by atoms with E-state index in [1.807, 2.05) is 30.3 Å². The van der Waals surface area contributed by atoms with Crippen LogP contribution in [0.3, 0.4) is 0 Å². The summed E-state index contributed by atoms with van der Waals surface area (Å²) in [7, 11) is 0. The summed E-state index contributed by atoms with van der Waals surface area (Å²) in [6.45, 7) is 1.80. The molecule has 1 fully saturated rings. The molecule has 104 valence electrons. The zero-order valence-electron chi connectivity index (χ0n) is 10.4. The van der Waals surface area contributed by atoms with Gasteiger partial charge in [-0.1, -0.05) is 18.2 Å². The van der Waals surface area contributed by atoms with Gasteiger partial charge in [0.05, 0.1) is 0 Å². The first-order chi connectivity index (χ1) is 8.96. The third-order valence-electron chi connectivity index (χ3n) is 3.11. The van der Waals surface area contributed by atoms with Crippen molar-refractivity contribution in [2.75, 3.05) is 31.1 Å². The van der Waals surface area contributed by atoms with E-state index >= 15 is 0 Å². The highest BCUT2D eigenvalue weighted by molar-refractivity contribution is 5.77. The van der Waals surface area contributed by atoms with E-state index in [2.05, 4.69) is 4.90 Å². The van der Waals surface area contributed by atoms with Crippen molar-refractivity contribution in [2.24, 2.45) is 0 Å². The zero-order valence-corrected chi connectivity index (χ0v) is 10.4. The maximum absolute atomic E-state index is 12.1. The standard InChI is InChI=1S/C13H15F3N2O/c14-13(15,16)10-12(19)18-8-6-17(7-9-18)11-4-2-1-3-5-11/h1-5H,6-10H2. The fourth-order valence-corrected chi connectivity index (χ4v) is 2.14. The number of hydrogen-bond acceptors (Lipinski definition) is 2. The van der Waals surface area contributed by atoms with Crippen LogP contribution in [-0.2, 0) is 4.79 Å². The number of hydrogen-bond donors (Lipinski definition) is 0. The summed E-state index contributed by atoms with van der Waals surface area (Å²) in [5.41, 5.74) is 1.03. The van der Waals surface area contributed by atoms with Gasteiger partial charge in [0.25, 0.3) is 0 Å². The van der Waals surface area contributed by atoms with E-state index in [4.69, 9.17) is 0 Å². The van der Waals surface area contributed by atoms with E-state index in [9.17, 15) is 18.0 Å². The Hall–Kier alpha value is -1.72. The zero-order chi connectivity index (χ0) is 13.9. The van der Waals surface area contributed by atoms with Crippen LogP contribution in [0.4, 0.5) is 18.9 Å². The van der Waals surface area contributed by atoms with Gasteiger partial charge in [0.15, 0.2) is 0 Å². The second-order valence-corrected chi connectivity index (χ2v) is 4.50. The number of rotatable bonds is 2. The molecule has 0 saturated carbocycles. The van der Waals surface area contributed by atoms with Crippen molar-refractivity contribution in [3.8, 4) is 0 Å². The first-order valence-corrected chi connectivity index (χ1v) is 6.10. The number of carbonyl (C=O) groups is 1. The number of carbonyl (C=O) groups excluding carboxylic acids is 1. The molecular weight excluding hydrogens is 257 g/mol. The van der Waals surface area contributed by atoms with Crippen molar-refractivity contribution in [1.82, 2.24) is 4.90 Å². The SMILES string of the molecule is O=C(CC(F)(F)F)N1CCN(c2ccccc2)CC1. The van der Waals surface area contributed by atoms with Gasteiger partial charge >= 0.3 is 6.18 Å². The smallest absolute Gasteiger partial charge is 0.368 e. The fraction of sp³-hybridized carbons (Fsp3) is 0.462. The Labute approximate surface area is 109 Å². The summed E-state index contributed by atoms with van der Waals surface area (Å²) in [5.74, 6) is -0.833. The predicted octanol–water partition coefficient (Wildman–Crippen LogP) is 2.29. The van der Waals surface area contributed by atoms with Crippen molar-refractivity contribution in [1.29, 1.82) is 0 Å². The Bertz CT molecular complexity index is 425. The molecule has 1 aliphatic rings. The lowest BCUT2D eigenvalue weighted by Gasteiger charge is -2.36. The number of halogens is 3.